The highest BCUT2D eigenvalue weighted by molar-refractivity contribution is 7.12. The van der Waals surface area contributed by atoms with Gasteiger partial charge in [-0.25, -0.2) is 0 Å². The molecule has 3 rings (SSSR count). The Balaban J connectivity index is 1.82. The van der Waals surface area contributed by atoms with Crippen molar-refractivity contribution in [2.45, 2.75) is 45.6 Å². The Bertz CT molecular complexity index is 642. The van der Waals surface area contributed by atoms with E-state index < -0.39 is 6.10 Å². The van der Waals surface area contributed by atoms with Gasteiger partial charge in [0.15, 0.2) is 0 Å². The van der Waals surface area contributed by atoms with Crippen LogP contribution in [0.25, 0.3) is 0 Å². The second-order valence-corrected chi connectivity index (χ2v) is 6.89. The van der Waals surface area contributed by atoms with E-state index in [1.54, 1.807) is 18.4 Å². The maximum absolute atomic E-state index is 10.5. The number of ether oxygens (including phenoxy) is 1. The molecule has 1 atom stereocenters. The van der Waals surface area contributed by atoms with Crippen molar-refractivity contribution in [3.63, 3.8) is 0 Å². The van der Waals surface area contributed by atoms with E-state index in [2.05, 4.69) is 11.1 Å². The number of thiophene rings is 1. The minimum Gasteiger partial charge on any atom is -0.496 e. The third kappa shape index (κ3) is 2.70. The molecule has 0 bridgehead atoms. The Morgan fingerprint density at radius 2 is 2.19 bits per heavy atom. The lowest BCUT2D eigenvalue weighted by molar-refractivity contribution is 0.180. The molecule has 1 aliphatic rings. The number of hydrogen-bond donors (Lipinski definition) is 1. The van der Waals surface area contributed by atoms with Crippen LogP contribution in [-0.2, 0) is 19.3 Å². The summed E-state index contributed by atoms with van der Waals surface area (Å²) in [5.41, 5.74) is 4.41. The highest BCUT2D eigenvalue weighted by Crippen LogP contribution is 2.35. The average Bonchev–Trinajstić information content (AvgIpc) is 3.03. The Morgan fingerprint density at radius 1 is 1.38 bits per heavy atom. The van der Waals surface area contributed by atoms with Gasteiger partial charge in [0.05, 0.1) is 13.2 Å². The number of pyridine rings is 1. The SMILES string of the molecule is COc1c(C)cnc(CC(O)c2cc3c(s2)CCC3)c1C. The molecule has 4 heteroatoms. The van der Waals surface area contributed by atoms with Gasteiger partial charge in [0.2, 0.25) is 0 Å². The Morgan fingerprint density at radius 3 is 2.90 bits per heavy atom. The summed E-state index contributed by atoms with van der Waals surface area (Å²) in [4.78, 5) is 7.00. The van der Waals surface area contributed by atoms with Crippen molar-refractivity contribution in [2.75, 3.05) is 7.11 Å². The number of methoxy groups -OCH3 is 1. The smallest absolute Gasteiger partial charge is 0.128 e. The summed E-state index contributed by atoms with van der Waals surface area (Å²) in [7, 11) is 1.68. The van der Waals surface area contributed by atoms with Gasteiger partial charge in [-0.1, -0.05) is 0 Å². The standard InChI is InChI=1S/C17H21NO2S/c1-10-9-18-13(11(2)17(10)20-3)8-14(19)16-7-12-5-4-6-15(12)21-16/h7,9,14,19H,4-6,8H2,1-3H3. The molecule has 2 aromatic rings. The van der Waals surface area contributed by atoms with E-state index in [9.17, 15) is 5.11 Å². The van der Waals surface area contributed by atoms with Crippen molar-refractivity contribution in [3.05, 3.63) is 44.4 Å². The highest BCUT2D eigenvalue weighted by Gasteiger charge is 2.20. The molecule has 3 nitrogen and oxygen atoms in total. The van der Waals surface area contributed by atoms with Crippen LogP contribution in [0.3, 0.4) is 0 Å². The van der Waals surface area contributed by atoms with E-state index in [0.717, 1.165) is 33.9 Å². The fourth-order valence-corrected chi connectivity index (χ4v) is 4.32. The highest BCUT2D eigenvalue weighted by atomic mass is 32.1. The molecule has 112 valence electrons. The fourth-order valence-electron chi connectivity index (χ4n) is 3.08. The van der Waals surface area contributed by atoms with Gasteiger partial charge in [-0.05, 0) is 44.7 Å². The zero-order chi connectivity index (χ0) is 15.0. The maximum atomic E-state index is 10.5. The zero-order valence-electron chi connectivity index (χ0n) is 12.8. The van der Waals surface area contributed by atoms with Crippen molar-refractivity contribution in [1.29, 1.82) is 0 Å². The van der Waals surface area contributed by atoms with E-state index in [-0.39, 0.29) is 0 Å². The predicted molar refractivity (Wildman–Crippen MR) is 85.3 cm³/mol. The first-order valence-corrected chi connectivity index (χ1v) is 8.20. The minimum atomic E-state index is -0.473. The monoisotopic (exact) mass is 303 g/mol. The molecule has 0 saturated carbocycles. The normalized spacial score (nSPS) is 15.0. The van der Waals surface area contributed by atoms with E-state index >= 15 is 0 Å². The van der Waals surface area contributed by atoms with E-state index in [4.69, 9.17) is 4.74 Å². The van der Waals surface area contributed by atoms with Crippen LogP contribution in [0.4, 0.5) is 0 Å². The van der Waals surface area contributed by atoms with Gasteiger partial charge >= 0.3 is 0 Å². The van der Waals surface area contributed by atoms with Gasteiger partial charge in [0.25, 0.3) is 0 Å². The number of nitrogens with zero attached hydrogens (tertiary/aromatic N) is 1. The molecule has 0 aromatic carbocycles. The molecule has 0 aliphatic heterocycles. The number of rotatable bonds is 4. The second kappa shape index (κ2) is 5.78. The Kier molecular flexibility index (Phi) is 4.00. The van der Waals surface area contributed by atoms with Crippen molar-refractivity contribution in [3.8, 4) is 5.75 Å². The van der Waals surface area contributed by atoms with Gasteiger partial charge in [0, 0.05) is 39.2 Å². The molecule has 0 saturated heterocycles. The molecule has 0 radical (unpaired) electrons. The second-order valence-electron chi connectivity index (χ2n) is 5.72. The number of hydrogen-bond acceptors (Lipinski definition) is 4. The Labute approximate surface area is 129 Å². The third-order valence-electron chi connectivity index (χ3n) is 4.23. The molecular weight excluding hydrogens is 282 g/mol. The van der Waals surface area contributed by atoms with Crippen LogP contribution in [-0.4, -0.2) is 17.2 Å². The van der Waals surface area contributed by atoms with Gasteiger partial charge in [-0.2, -0.15) is 0 Å². The lowest BCUT2D eigenvalue weighted by Gasteiger charge is -2.14. The summed E-state index contributed by atoms with van der Waals surface area (Å²) in [6.07, 6.45) is 5.48. The summed E-state index contributed by atoms with van der Waals surface area (Å²) < 4.78 is 5.43. The first-order valence-electron chi connectivity index (χ1n) is 7.38. The molecule has 0 spiro atoms. The summed E-state index contributed by atoms with van der Waals surface area (Å²) in [6, 6.07) is 2.18. The van der Waals surface area contributed by atoms with Crippen molar-refractivity contribution in [2.24, 2.45) is 0 Å². The van der Waals surface area contributed by atoms with Gasteiger partial charge in [0.1, 0.15) is 5.75 Å². The van der Waals surface area contributed by atoms with E-state index in [0.29, 0.717) is 6.42 Å². The summed E-state index contributed by atoms with van der Waals surface area (Å²) in [6.45, 7) is 4.00. The summed E-state index contributed by atoms with van der Waals surface area (Å²) in [5, 5.41) is 10.5. The third-order valence-corrected chi connectivity index (χ3v) is 5.57. The number of aryl methyl sites for hydroxylation is 3. The molecule has 21 heavy (non-hydrogen) atoms. The van der Waals surface area contributed by atoms with Crippen LogP contribution in [0.5, 0.6) is 5.75 Å². The van der Waals surface area contributed by atoms with Gasteiger partial charge < -0.3 is 9.84 Å². The first kappa shape index (κ1) is 14.5. The molecule has 0 fully saturated rings. The zero-order valence-corrected chi connectivity index (χ0v) is 13.6. The average molecular weight is 303 g/mol. The Hall–Kier alpha value is -1.39. The number of aliphatic hydroxyl groups is 1. The maximum Gasteiger partial charge on any atom is 0.128 e. The number of fused-ring (bicyclic) bond motifs is 1. The van der Waals surface area contributed by atoms with Crippen LogP contribution >= 0.6 is 11.3 Å². The largest absolute Gasteiger partial charge is 0.496 e. The van der Waals surface area contributed by atoms with Crippen LogP contribution < -0.4 is 4.74 Å². The molecule has 2 aromatic heterocycles. The minimum absolute atomic E-state index is 0.473. The molecule has 2 heterocycles. The van der Waals surface area contributed by atoms with Gasteiger partial charge in [-0.3, -0.25) is 4.98 Å². The number of aliphatic hydroxyl groups excluding tert-OH is 1. The number of aromatic nitrogens is 1. The molecule has 0 amide bonds. The summed E-state index contributed by atoms with van der Waals surface area (Å²) in [5.74, 6) is 0.876. The molecule has 1 N–H and O–H groups in total. The lowest BCUT2D eigenvalue weighted by atomic mass is 10.0. The van der Waals surface area contributed by atoms with E-state index in [1.807, 2.05) is 20.0 Å². The quantitative estimate of drug-likeness (QED) is 0.939. The predicted octanol–water partition coefficient (Wildman–Crippen LogP) is 3.53. The van der Waals surface area contributed by atoms with Gasteiger partial charge in [-0.15, -0.1) is 11.3 Å². The fraction of sp³-hybridized carbons (Fsp3) is 0.471. The van der Waals surface area contributed by atoms with Crippen LogP contribution in [0.1, 0.15) is 44.7 Å². The van der Waals surface area contributed by atoms with Crippen LogP contribution in [0.2, 0.25) is 0 Å². The molecule has 1 aliphatic carbocycles. The summed E-state index contributed by atoms with van der Waals surface area (Å²) >= 11 is 1.76. The van der Waals surface area contributed by atoms with Crippen molar-refractivity contribution >= 4 is 11.3 Å². The molecular formula is C17H21NO2S. The molecule has 1 unspecified atom stereocenters. The lowest BCUT2D eigenvalue weighted by Crippen LogP contribution is -2.06. The van der Waals surface area contributed by atoms with Crippen LogP contribution in [0.15, 0.2) is 12.3 Å². The van der Waals surface area contributed by atoms with E-state index in [1.165, 1.54) is 23.3 Å². The topological polar surface area (TPSA) is 42.4 Å². The van der Waals surface area contributed by atoms with Crippen molar-refractivity contribution in [1.82, 2.24) is 4.98 Å². The first-order chi connectivity index (χ1) is 10.1. The van der Waals surface area contributed by atoms with Crippen LogP contribution in [0, 0.1) is 13.8 Å². The van der Waals surface area contributed by atoms with Crippen molar-refractivity contribution < 1.29 is 9.84 Å².